The molecular formula is C17H27IN4O3. The molecule has 140 valence electrons. The fourth-order valence-electron chi connectivity index (χ4n) is 2.62. The highest BCUT2D eigenvalue weighted by Crippen LogP contribution is 2.12. The SMILES string of the molecule is CCNC(=NCc1ccc(O)cc1)NC1CCN(C(=O)OC)CC1.I. The summed E-state index contributed by atoms with van der Waals surface area (Å²) in [7, 11) is 1.41. The molecule has 25 heavy (non-hydrogen) atoms. The Labute approximate surface area is 165 Å². The molecule has 1 amide bonds. The number of phenols is 1. The van der Waals surface area contributed by atoms with Crippen LogP contribution in [0.1, 0.15) is 25.3 Å². The number of benzene rings is 1. The molecule has 0 aliphatic carbocycles. The number of halogens is 1. The van der Waals surface area contributed by atoms with Gasteiger partial charge in [0.2, 0.25) is 0 Å². The summed E-state index contributed by atoms with van der Waals surface area (Å²) in [4.78, 5) is 17.8. The number of aliphatic imine (C=N–C) groups is 1. The quantitative estimate of drug-likeness (QED) is 0.363. The van der Waals surface area contributed by atoms with E-state index in [1.165, 1.54) is 7.11 Å². The van der Waals surface area contributed by atoms with Gasteiger partial charge in [-0.25, -0.2) is 9.79 Å². The van der Waals surface area contributed by atoms with Crippen molar-refractivity contribution in [2.24, 2.45) is 4.99 Å². The van der Waals surface area contributed by atoms with Crippen LogP contribution in [0, 0.1) is 0 Å². The molecule has 8 heteroatoms. The summed E-state index contributed by atoms with van der Waals surface area (Å²) in [6.45, 7) is 4.71. The lowest BCUT2D eigenvalue weighted by molar-refractivity contribution is 0.111. The molecule has 0 saturated carbocycles. The maximum atomic E-state index is 11.5. The average molecular weight is 462 g/mol. The average Bonchev–Trinajstić information content (AvgIpc) is 2.61. The molecule has 0 spiro atoms. The van der Waals surface area contributed by atoms with Crippen LogP contribution >= 0.6 is 24.0 Å². The molecule has 1 heterocycles. The van der Waals surface area contributed by atoms with E-state index in [2.05, 4.69) is 15.6 Å². The number of carbonyl (C=O) groups is 1. The van der Waals surface area contributed by atoms with Crippen LogP contribution in [0.2, 0.25) is 0 Å². The number of rotatable bonds is 4. The predicted octanol–water partition coefficient (Wildman–Crippen LogP) is 2.30. The third-order valence-electron chi connectivity index (χ3n) is 3.97. The highest BCUT2D eigenvalue weighted by atomic mass is 127. The van der Waals surface area contributed by atoms with Crippen molar-refractivity contribution in [3.8, 4) is 5.75 Å². The summed E-state index contributed by atoms with van der Waals surface area (Å²) in [5.41, 5.74) is 1.03. The van der Waals surface area contributed by atoms with Gasteiger partial charge in [0.05, 0.1) is 13.7 Å². The number of carbonyl (C=O) groups excluding carboxylic acids is 1. The van der Waals surface area contributed by atoms with Crippen LogP contribution in [0.25, 0.3) is 0 Å². The van der Waals surface area contributed by atoms with Gasteiger partial charge >= 0.3 is 6.09 Å². The maximum Gasteiger partial charge on any atom is 0.409 e. The first-order valence-corrected chi connectivity index (χ1v) is 8.28. The number of hydrogen-bond acceptors (Lipinski definition) is 4. The Kier molecular flexibility index (Phi) is 9.40. The molecule has 1 saturated heterocycles. The second-order valence-electron chi connectivity index (χ2n) is 5.74. The zero-order valence-electron chi connectivity index (χ0n) is 14.7. The Hall–Kier alpha value is -1.71. The molecule has 1 aromatic carbocycles. The Bertz CT molecular complexity index is 558. The van der Waals surface area contributed by atoms with E-state index in [1.54, 1.807) is 17.0 Å². The third kappa shape index (κ3) is 6.97. The lowest BCUT2D eigenvalue weighted by atomic mass is 10.1. The van der Waals surface area contributed by atoms with Crippen LogP contribution in [0.3, 0.4) is 0 Å². The van der Waals surface area contributed by atoms with Gasteiger partial charge < -0.3 is 25.4 Å². The molecule has 2 rings (SSSR count). The first-order valence-electron chi connectivity index (χ1n) is 8.28. The molecule has 1 aromatic rings. The topological polar surface area (TPSA) is 86.2 Å². The highest BCUT2D eigenvalue weighted by molar-refractivity contribution is 14.0. The van der Waals surface area contributed by atoms with E-state index in [-0.39, 0.29) is 41.9 Å². The number of ether oxygens (including phenoxy) is 1. The first kappa shape index (κ1) is 21.3. The summed E-state index contributed by atoms with van der Waals surface area (Å²) in [5.74, 6) is 1.02. The van der Waals surface area contributed by atoms with Crippen molar-refractivity contribution < 1.29 is 14.6 Å². The fraction of sp³-hybridized carbons (Fsp3) is 0.529. The molecule has 7 nitrogen and oxygen atoms in total. The summed E-state index contributed by atoms with van der Waals surface area (Å²) < 4.78 is 4.75. The summed E-state index contributed by atoms with van der Waals surface area (Å²) in [6.07, 6.45) is 1.46. The maximum absolute atomic E-state index is 11.5. The third-order valence-corrected chi connectivity index (χ3v) is 3.97. The van der Waals surface area contributed by atoms with Crippen LogP contribution in [0.15, 0.2) is 29.3 Å². The van der Waals surface area contributed by atoms with E-state index in [9.17, 15) is 9.90 Å². The van der Waals surface area contributed by atoms with E-state index >= 15 is 0 Å². The van der Waals surface area contributed by atoms with Crippen LogP contribution in [-0.4, -0.2) is 54.8 Å². The molecule has 1 aliphatic rings. The van der Waals surface area contributed by atoms with Crippen molar-refractivity contribution in [3.63, 3.8) is 0 Å². The Balaban J connectivity index is 0.00000312. The number of methoxy groups -OCH3 is 1. The van der Waals surface area contributed by atoms with Crippen molar-refractivity contribution in [2.75, 3.05) is 26.7 Å². The Morgan fingerprint density at radius 1 is 1.32 bits per heavy atom. The Morgan fingerprint density at radius 2 is 1.96 bits per heavy atom. The number of likely N-dealkylation sites (tertiary alicyclic amines) is 1. The number of hydrogen-bond donors (Lipinski definition) is 3. The molecule has 1 aliphatic heterocycles. The minimum absolute atomic E-state index is 0. The molecule has 0 aromatic heterocycles. The number of aromatic hydroxyl groups is 1. The summed E-state index contributed by atoms with van der Waals surface area (Å²) in [6, 6.07) is 7.32. The standard InChI is InChI=1S/C17H26N4O3.HI/c1-3-18-16(19-12-13-4-6-15(22)7-5-13)20-14-8-10-21(11-9-14)17(23)24-2;/h4-7,14,22H,3,8-12H2,1-2H3,(H2,18,19,20);1H. The van der Waals surface area contributed by atoms with Crippen LogP contribution in [-0.2, 0) is 11.3 Å². The zero-order valence-corrected chi connectivity index (χ0v) is 17.0. The van der Waals surface area contributed by atoms with Gasteiger partial charge in [-0.1, -0.05) is 12.1 Å². The van der Waals surface area contributed by atoms with Gasteiger partial charge in [-0.15, -0.1) is 24.0 Å². The van der Waals surface area contributed by atoms with Gasteiger partial charge in [-0.05, 0) is 37.5 Å². The van der Waals surface area contributed by atoms with Gasteiger partial charge in [0, 0.05) is 25.7 Å². The number of amides is 1. The van der Waals surface area contributed by atoms with Gasteiger partial charge in [0.25, 0.3) is 0 Å². The van der Waals surface area contributed by atoms with Crippen LogP contribution in [0.5, 0.6) is 5.75 Å². The normalized spacial score (nSPS) is 15.3. The molecule has 0 radical (unpaired) electrons. The van der Waals surface area contributed by atoms with Gasteiger partial charge in [-0.2, -0.15) is 0 Å². The fourth-order valence-corrected chi connectivity index (χ4v) is 2.62. The predicted molar refractivity (Wildman–Crippen MR) is 108 cm³/mol. The van der Waals surface area contributed by atoms with Crippen molar-refractivity contribution in [3.05, 3.63) is 29.8 Å². The van der Waals surface area contributed by atoms with E-state index in [1.807, 2.05) is 19.1 Å². The summed E-state index contributed by atoms with van der Waals surface area (Å²) >= 11 is 0. The molecule has 0 unspecified atom stereocenters. The largest absolute Gasteiger partial charge is 0.508 e. The smallest absolute Gasteiger partial charge is 0.409 e. The molecular weight excluding hydrogens is 435 g/mol. The number of guanidine groups is 1. The van der Waals surface area contributed by atoms with E-state index in [0.717, 1.165) is 30.9 Å². The van der Waals surface area contributed by atoms with Crippen LogP contribution < -0.4 is 10.6 Å². The van der Waals surface area contributed by atoms with E-state index in [4.69, 9.17) is 4.74 Å². The Morgan fingerprint density at radius 3 is 2.52 bits per heavy atom. The minimum Gasteiger partial charge on any atom is -0.508 e. The van der Waals surface area contributed by atoms with Crippen molar-refractivity contribution >= 4 is 36.0 Å². The van der Waals surface area contributed by atoms with Gasteiger partial charge in [0.1, 0.15) is 5.75 Å². The van der Waals surface area contributed by atoms with Crippen molar-refractivity contribution in [2.45, 2.75) is 32.4 Å². The van der Waals surface area contributed by atoms with Gasteiger partial charge in [-0.3, -0.25) is 0 Å². The van der Waals surface area contributed by atoms with Gasteiger partial charge in [0.15, 0.2) is 5.96 Å². The van der Waals surface area contributed by atoms with E-state index < -0.39 is 0 Å². The van der Waals surface area contributed by atoms with E-state index in [0.29, 0.717) is 19.6 Å². The molecule has 1 fully saturated rings. The van der Waals surface area contributed by atoms with Crippen molar-refractivity contribution in [1.82, 2.24) is 15.5 Å². The lowest BCUT2D eigenvalue weighted by Gasteiger charge is -2.32. The first-order chi connectivity index (χ1) is 11.6. The minimum atomic E-state index is -0.263. The zero-order chi connectivity index (χ0) is 17.4. The number of nitrogens with one attached hydrogen (secondary N) is 2. The molecule has 0 bridgehead atoms. The van der Waals surface area contributed by atoms with Crippen LogP contribution in [0.4, 0.5) is 4.79 Å². The highest BCUT2D eigenvalue weighted by Gasteiger charge is 2.23. The second kappa shape index (κ2) is 11.0. The lowest BCUT2D eigenvalue weighted by Crippen LogP contribution is -2.49. The summed E-state index contributed by atoms with van der Waals surface area (Å²) in [5, 5.41) is 16.0. The number of nitrogens with zero attached hydrogens (tertiary/aromatic N) is 2. The molecule has 3 N–H and O–H groups in total. The number of phenolic OH excluding ortho intramolecular Hbond substituents is 1. The van der Waals surface area contributed by atoms with Crippen molar-refractivity contribution in [1.29, 1.82) is 0 Å². The second-order valence-corrected chi connectivity index (χ2v) is 5.74. The monoisotopic (exact) mass is 462 g/mol. The molecule has 0 atom stereocenters. The number of piperidine rings is 1.